The largest absolute Gasteiger partial charge is 0.397 e. The standard InChI is InChI=1S/C16H20ClN3/c1-16(2,9-8-12-6-4-3-5-7-12)20-15-14(17)10-13(18)11-19-15/h3-7,10-11H,8-9,18H2,1-2H3,(H,19,20). The van der Waals surface area contributed by atoms with Crippen LogP contribution in [0.1, 0.15) is 25.8 Å². The van der Waals surface area contributed by atoms with Crippen molar-refractivity contribution in [2.45, 2.75) is 32.2 Å². The summed E-state index contributed by atoms with van der Waals surface area (Å²) in [6.45, 7) is 4.29. The lowest BCUT2D eigenvalue weighted by Crippen LogP contribution is -2.32. The summed E-state index contributed by atoms with van der Waals surface area (Å²) in [4.78, 5) is 4.25. The summed E-state index contributed by atoms with van der Waals surface area (Å²) in [5.74, 6) is 0.680. The van der Waals surface area contributed by atoms with E-state index in [0.29, 0.717) is 16.5 Å². The van der Waals surface area contributed by atoms with E-state index in [0.717, 1.165) is 12.8 Å². The molecule has 0 saturated heterocycles. The highest BCUT2D eigenvalue weighted by molar-refractivity contribution is 6.33. The van der Waals surface area contributed by atoms with Crippen LogP contribution in [0.25, 0.3) is 0 Å². The van der Waals surface area contributed by atoms with E-state index in [2.05, 4.69) is 48.4 Å². The molecule has 2 rings (SSSR count). The maximum absolute atomic E-state index is 6.15. The zero-order chi connectivity index (χ0) is 14.6. The number of benzene rings is 1. The van der Waals surface area contributed by atoms with Gasteiger partial charge in [-0.1, -0.05) is 41.9 Å². The minimum Gasteiger partial charge on any atom is -0.397 e. The van der Waals surface area contributed by atoms with E-state index >= 15 is 0 Å². The summed E-state index contributed by atoms with van der Waals surface area (Å²) >= 11 is 6.15. The van der Waals surface area contributed by atoms with Crippen molar-refractivity contribution in [2.75, 3.05) is 11.1 Å². The van der Waals surface area contributed by atoms with Crippen LogP contribution in [0.15, 0.2) is 42.6 Å². The van der Waals surface area contributed by atoms with Crippen molar-refractivity contribution in [1.29, 1.82) is 0 Å². The van der Waals surface area contributed by atoms with E-state index in [1.165, 1.54) is 5.56 Å². The van der Waals surface area contributed by atoms with Crippen molar-refractivity contribution in [1.82, 2.24) is 4.98 Å². The minimum absolute atomic E-state index is 0.0946. The highest BCUT2D eigenvalue weighted by atomic mass is 35.5. The molecule has 1 aromatic heterocycles. The SMILES string of the molecule is CC(C)(CCc1ccccc1)Nc1ncc(N)cc1Cl. The lowest BCUT2D eigenvalue weighted by Gasteiger charge is -2.27. The number of pyridine rings is 1. The van der Waals surface area contributed by atoms with E-state index in [1.54, 1.807) is 12.3 Å². The van der Waals surface area contributed by atoms with Gasteiger partial charge in [0.25, 0.3) is 0 Å². The van der Waals surface area contributed by atoms with Gasteiger partial charge in [-0.05, 0) is 38.3 Å². The van der Waals surface area contributed by atoms with Crippen molar-refractivity contribution >= 4 is 23.1 Å². The third kappa shape index (κ3) is 4.14. The number of halogens is 1. The van der Waals surface area contributed by atoms with Gasteiger partial charge in [-0.2, -0.15) is 0 Å². The summed E-state index contributed by atoms with van der Waals surface area (Å²) in [5, 5.41) is 3.94. The molecule has 0 amide bonds. The molecular formula is C16H20ClN3. The van der Waals surface area contributed by atoms with Crippen molar-refractivity contribution in [3.05, 3.63) is 53.2 Å². The average Bonchev–Trinajstić information content (AvgIpc) is 2.41. The van der Waals surface area contributed by atoms with Gasteiger partial charge in [-0.15, -0.1) is 0 Å². The van der Waals surface area contributed by atoms with Gasteiger partial charge in [-0.25, -0.2) is 4.98 Å². The fourth-order valence-corrected chi connectivity index (χ4v) is 2.25. The molecule has 1 aromatic carbocycles. The molecule has 0 unspecified atom stereocenters. The van der Waals surface area contributed by atoms with Gasteiger partial charge in [-0.3, -0.25) is 0 Å². The van der Waals surface area contributed by atoms with Gasteiger partial charge in [0.05, 0.1) is 16.9 Å². The van der Waals surface area contributed by atoms with Crippen LogP contribution in [0.2, 0.25) is 5.02 Å². The van der Waals surface area contributed by atoms with Crippen LogP contribution < -0.4 is 11.1 Å². The average molecular weight is 290 g/mol. The second-order valence-corrected chi connectivity index (χ2v) is 6.00. The molecule has 106 valence electrons. The number of aromatic nitrogens is 1. The molecule has 0 spiro atoms. The van der Waals surface area contributed by atoms with Crippen molar-refractivity contribution < 1.29 is 0 Å². The summed E-state index contributed by atoms with van der Waals surface area (Å²) in [5.41, 5.74) is 7.46. The Bertz CT molecular complexity index is 567. The van der Waals surface area contributed by atoms with Crippen LogP contribution >= 0.6 is 11.6 Å². The van der Waals surface area contributed by atoms with Crippen LogP contribution in [-0.2, 0) is 6.42 Å². The van der Waals surface area contributed by atoms with Crippen molar-refractivity contribution in [3.8, 4) is 0 Å². The Morgan fingerprint density at radius 1 is 1.25 bits per heavy atom. The van der Waals surface area contributed by atoms with Crippen LogP contribution in [0.5, 0.6) is 0 Å². The highest BCUT2D eigenvalue weighted by Gasteiger charge is 2.19. The van der Waals surface area contributed by atoms with E-state index < -0.39 is 0 Å². The minimum atomic E-state index is -0.0946. The van der Waals surface area contributed by atoms with Gasteiger partial charge < -0.3 is 11.1 Å². The first kappa shape index (κ1) is 14.7. The zero-order valence-electron chi connectivity index (χ0n) is 11.9. The Kier molecular flexibility index (Phi) is 4.50. The van der Waals surface area contributed by atoms with E-state index in [4.69, 9.17) is 17.3 Å². The van der Waals surface area contributed by atoms with Gasteiger partial charge in [0, 0.05) is 5.54 Å². The number of anilines is 2. The topological polar surface area (TPSA) is 50.9 Å². The predicted molar refractivity (Wildman–Crippen MR) is 86.1 cm³/mol. The Morgan fingerprint density at radius 2 is 1.95 bits per heavy atom. The van der Waals surface area contributed by atoms with Crippen molar-refractivity contribution in [2.24, 2.45) is 0 Å². The lowest BCUT2D eigenvalue weighted by atomic mass is 9.95. The number of hydrogen-bond donors (Lipinski definition) is 2. The molecule has 3 N–H and O–H groups in total. The molecule has 0 saturated carbocycles. The third-order valence-electron chi connectivity index (χ3n) is 3.20. The predicted octanol–water partition coefficient (Wildman–Crippen LogP) is 4.14. The van der Waals surface area contributed by atoms with Gasteiger partial charge >= 0.3 is 0 Å². The quantitative estimate of drug-likeness (QED) is 0.870. The Morgan fingerprint density at radius 3 is 2.60 bits per heavy atom. The molecule has 1 heterocycles. The molecule has 0 atom stereocenters. The fourth-order valence-electron chi connectivity index (χ4n) is 2.03. The summed E-state index contributed by atoms with van der Waals surface area (Å²) in [6.07, 6.45) is 3.61. The summed E-state index contributed by atoms with van der Waals surface area (Å²) in [7, 11) is 0. The summed E-state index contributed by atoms with van der Waals surface area (Å²) in [6, 6.07) is 12.2. The first-order valence-electron chi connectivity index (χ1n) is 6.69. The zero-order valence-corrected chi connectivity index (χ0v) is 12.6. The van der Waals surface area contributed by atoms with E-state index in [1.807, 2.05) is 6.07 Å². The van der Waals surface area contributed by atoms with Crippen LogP contribution in [-0.4, -0.2) is 10.5 Å². The summed E-state index contributed by atoms with van der Waals surface area (Å²) < 4.78 is 0. The number of nitrogens with zero attached hydrogens (tertiary/aromatic N) is 1. The number of rotatable bonds is 5. The Balaban J connectivity index is 2.00. The molecule has 3 nitrogen and oxygen atoms in total. The molecule has 0 aliphatic rings. The monoisotopic (exact) mass is 289 g/mol. The fraction of sp³-hybridized carbons (Fsp3) is 0.312. The smallest absolute Gasteiger partial charge is 0.145 e. The first-order chi connectivity index (χ1) is 9.46. The Hall–Kier alpha value is -1.74. The number of hydrogen-bond acceptors (Lipinski definition) is 3. The molecule has 0 radical (unpaired) electrons. The first-order valence-corrected chi connectivity index (χ1v) is 7.07. The molecule has 2 aromatic rings. The number of aryl methyl sites for hydroxylation is 1. The Labute approximate surface area is 125 Å². The maximum atomic E-state index is 6.15. The van der Waals surface area contributed by atoms with Crippen LogP contribution in [0.4, 0.5) is 11.5 Å². The molecule has 0 bridgehead atoms. The van der Waals surface area contributed by atoms with E-state index in [-0.39, 0.29) is 5.54 Å². The molecular weight excluding hydrogens is 270 g/mol. The number of nitrogen functional groups attached to an aromatic ring is 1. The van der Waals surface area contributed by atoms with Gasteiger partial charge in [0.2, 0.25) is 0 Å². The molecule has 20 heavy (non-hydrogen) atoms. The maximum Gasteiger partial charge on any atom is 0.145 e. The lowest BCUT2D eigenvalue weighted by molar-refractivity contribution is 0.516. The second kappa shape index (κ2) is 6.14. The number of nitrogens with one attached hydrogen (secondary N) is 1. The van der Waals surface area contributed by atoms with Crippen molar-refractivity contribution in [3.63, 3.8) is 0 Å². The van der Waals surface area contributed by atoms with Gasteiger partial charge in [0.15, 0.2) is 0 Å². The molecule has 0 aliphatic heterocycles. The second-order valence-electron chi connectivity index (χ2n) is 5.59. The van der Waals surface area contributed by atoms with Gasteiger partial charge in [0.1, 0.15) is 5.82 Å². The molecule has 4 heteroatoms. The number of nitrogens with two attached hydrogens (primary N) is 1. The molecule has 0 fully saturated rings. The third-order valence-corrected chi connectivity index (χ3v) is 3.49. The molecule has 0 aliphatic carbocycles. The van der Waals surface area contributed by atoms with E-state index in [9.17, 15) is 0 Å². The van der Waals surface area contributed by atoms with Crippen LogP contribution in [0, 0.1) is 0 Å². The normalized spacial score (nSPS) is 11.3. The van der Waals surface area contributed by atoms with Crippen LogP contribution in [0.3, 0.4) is 0 Å². The highest BCUT2D eigenvalue weighted by Crippen LogP contribution is 2.26.